The Labute approximate surface area is 223 Å². The first-order valence-electron chi connectivity index (χ1n) is 13.5. The molecule has 2 amide bonds. The van der Waals surface area contributed by atoms with Crippen LogP contribution in [-0.4, -0.2) is 65.4 Å². The fourth-order valence-electron chi connectivity index (χ4n) is 4.94. The van der Waals surface area contributed by atoms with Crippen molar-refractivity contribution in [3.05, 3.63) is 60.8 Å². The number of carbonyl (C=O) groups is 2. The van der Waals surface area contributed by atoms with Gasteiger partial charge in [0.1, 0.15) is 0 Å². The van der Waals surface area contributed by atoms with Gasteiger partial charge in [0.05, 0.1) is 11.7 Å². The molecule has 0 bridgehead atoms. The Kier molecular flexibility index (Phi) is 8.13. The predicted octanol–water partition coefficient (Wildman–Crippen LogP) is 4.03. The summed E-state index contributed by atoms with van der Waals surface area (Å²) in [6, 6.07) is 17.8. The van der Waals surface area contributed by atoms with Crippen molar-refractivity contribution in [3.8, 4) is 11.3 Å². The Bertz CT molecular complexity index is 1230. The number of nitrogens with one attached hydrogen (secondary N) is 3. The molecule has 0 spiro atoms. The van der Waals surface area contributed by atoms with Gasteiger partial charge in [-0.2, -0.15) is 0 Å². The van der Waals surface area contributed by atoms with E-state index in [-0.39, 0.29) is 17.9 Å². The van der Waals surface area contributed by atoms with Gasteiger partial charge in [-0.15, -0.1) is 0 Å². The Balaban J connectivity index is 1.16. The van der Waals surface area contributed by atoms with Crippen LogP contribution in [0.2, 0.25) is 0 Å². The second kappa shape index (κ2) is 12.0. The molecule has 3 N–H and O–H groups in total. The zero-order valence-electron chi connectivity index (χ0n) is 21.8. The minimum atomic E-state index is 0.00484. The number of rotatable bonds is 8. The summed E-state index contributed by atoms with van der Waals surface area (Å²) < 4.78 is 0. The van der Waals surface area contributed by atoms with Crippen LogP contribution in [0.15, 0.2) is 60.8 Å². The standard InChI is InChI=1S/C29H35N7O2/c1-2-4-27(37)32-22-8-6-21(7-9-22)25-14-16-31-29(34-25)33-23-10-12-24(13-11-23)35-17-19-36(20-18-35)28(38)26-5-3-15-30-26/h6-14,16,26,30H,2-5,15,17-20H2,1H3,(H,32,37)(H,31,33,34)/t26-/m1/s1. The van der Waals surface area contributed by atoms with Gasteiger partial charge in [-0.1, -0.05) is 19.1 Å². The fraction of sp³-hybridized carbons (Fsp3) is 0.379. The van der Waals surface area contributed by atoms with Crippen LogP contribution in [0.3, 0.4) is 0 Å². The first-order chi connectivity index (χ1) is 18.6. The van der Waals surface area contributed by atoms with E-state index in [0.717, 1.165) is 80.3 Å². The molecule has 1 atom stereocenters. The molecular formula is C29H35N7O2. The maximum atomic E-state index is 12.7. The van der Waals surface area contributed by atoms with Crippen molar-refractivity contribution in [2.24, 2.45) is 0 Å². The molecule has 1 aromatic heterocycles. The second-order valence-electron chi connectivity index (χ2n) is 9.77. The molecule has 2 fully saturated rings. The molecule has 9 heteroatoms. The summed E-state index contributed by atoms with van der Waals surface area (Å²) in [5, 5.41) is 9.51. The minimum Gasteiger partial charge on any atom is -0.368 e. The van der Waals surface area contributed by atoms with E-state index in [1.165, 1.54) is 0 Å². The lowest BCUT2D eigenvalue weighted by molar-refractivity contribution is -0.133. The lowest BCUT2D eigenvalue weighted by Crippen LogP contribution is -2.53. The number of nitrogens with zero attached hydrogens (tertiary/aromatic N) is 4. The molecule has 5 rings (SSSR count). The van der Waals surface area contributed by atoms with E-state index in [1.54, 1.807) is 6.20 Å². The smallest absolute Gasteiger partial charge is 0.239 e. The van der Waals surface area contributed by atoms with Crippen molar-refractivity contribution in [2.75, 3.05) is 48.3 Å². The molecule has 2 saturated heterocycles. The first-order valence-corrected chi connectivity index (χ1v) is 13.5. The predicted molar refractivity (Wildman–Crippen MR) is 151 cm³/mol. The summed E-state index contributed by atoms with van der Waals surface area (Å²) in [6.07, 6.45) is 5.10. The zero-order valence-corrected chi connectivity index (χ0v) is 21.8. The quantitative estimate of drug-likeness (QED) is 0.418. The lowest BCUT2D eigenvalue weighted by Gasteiger charge is -2.37. The minimum absolute atomic E-state index is 0.00484. The molecule has 38 heavy (non-hydrogen) atoms. The average molecular weight is 514 g/mol. The van der Waals surface area contributed by atoms with E-state index < -0.39 is 0 Å². The summed E-state index contributed by atoms with van der Waals surface area (Å²) in [5.74, 6) is 0.788. The first kappa shape index (κ1) is 25.7. The number of amides is 2. The highest BCUT2D eigenvalue weighted by molar-refractivity contribution is 5.90. The van der Waals surface area contributed by atoms with E-state index in [4.69, 9.17) is 0 Å². The summed E-state index contributed by atoms with van der Waals surface area (Å²) in [7, 11) is 0. The van der Waals surface area contributed by atoms with Crippen LogP contribution in [0.5, 0.6) is 0 Å². The molecule has 0 radical (unpaired) electrons. The summed E-state index contributed by atoms with van der Waals surface area (Å²) in [5.41, 5.74) is 4.56. The van der Waals surface area contributed by atoms with Gasteiger partial charge in [-0.3, -0.25) is 9.59 Å². The molecule has 0 aliphatic carbocycles. The number of piperazine rings is 1. The van der Waals surface area contributed by atoms with Crippen LogP contribution in [0.25, 0.3) is 11.3 Å². The van der Waals surface area contributed by atoms with Crippen molar-refractivity contribution in [1.82, 2.24) is 20.2 Å². The second-order valence-corrected chi connectivity index (χ2v) is 9.77. The van der Waals surface area contributed by atoms with Crippen molar-refractivity contribution in [1.29, 1.82) is 0 Å². The number of aromatic nitrogens is 2. The third-order valence-electron chi connectivity index (χ3n) is 7.04. The van der Waals surface area contributed by atoms with Crippen LogP contribution in [0.1, 0.15) is 32.6 Å². The molecule has 3 aromatic rings. The van der Waals surface area contributed by atoms with Gasteiger partial charge in [0.2, 0.25) is 17.8 Å². The van der Waals surface area contributed by atoms with Crippen molar-refractivity contribution in [3.63, 3.8) is 0 Å². The molecule has 0 saturated carbocycles. The highest BCUT2D eigenvalue weighted by Gasteiger charge is 2.29. The molecule has 2 aromatic carbocycles. The van der Waals surface area contributed by atoms with Gasteiger partial charge in [-0.05, 0) is 68.3 Å². The summed E-state index contributed by atoms with van der Waals surface area (Å²) >= 11 is 0. The van der Waals surface area contributed by atoms with Crippen LogP contribution in [-0.2, 0) is 9.59 Å². The topological polar surface area (TPSA) is 102 Å². The molecule has 2 aliphatic heterocycles. The van der Waals surface area contributed by atoms with Crippen molar-refractivity contribution in [2.45, 2.75) is 38.6 Å². The van der Waals surface area contributed by atoms with Gasteiger partial charge in [0.25, 0.3) is 0 Å². The Hall–Kier alpha value is -3.98. The van der Waals surface area contributed by atoms with Crippen LogP contribution >= 0.6 is 0 Å². The molecule has 0 unspecified atom stereocenters. The zero-order chi connectivity index (χ0) is 26.3. The van der Waals surface area contributed by atoms with Crippen LogP contribution in [0.4, 0.5) is 23.0 Å². The van der Waals surface area contributed by atoms with E-state index >= 15 is 0 Å². The normalized spacial score (nSPS) is 17.3. The Morgan fingerprint density at radius 1 is 0.974 bits per heavy atom. The third kappa shape index (κ3) is 6.28. The molecule has 3 heterocycles. The molecule has 2 aliphatic rings. The number of carbonyl (C=O) groups excluding carboxylic acids is 2. The Morgan fingerprint density at radius 2 is 1.71 bits per heavy atom. The summed E-state index contributed by atoms with van der Waals surface area (Å²) in [6.45, 7) is 6.10. The number of anilines is 4. The van der Waals surface area contributed by atoms with Gasteiger partial charge in [0, 0.05) is 61.4 Å². The Morgan fingerprint density at radius 3 is 2.39 bits per heavy atom. The maximum absolute atomic E-state index is 12.7. The highest BCUT2D eigenvalue weighted by atomic mass is 16.2. The summed E-state index contributed by atoms with van der Waals surface area (Å²) in [4.78, 5) is 37.8. The third-order valence-corrected chi connectivity index (χ3v) is 7.04. The SMILES string of the molecule is CCCC(=O)Nc1ccc(-c2ccnc(Nc3ccc(N4CCN(C(=O)[C@H]5CCCN5)CC4)cc3)n2)cc1. The molecular weight excluding hydrogens is 478 g/mol. The van der Waals surface area contributed by atoms with Crippen molar-refractivity contribution < 1.29 is 9.59 Å². The number of benzene rings is 2. The number of hydrogen-bond acceptors (Lipinski definition) is 7. The van der Waals surface area contributed by atoms with Crippen LogP contribution < -0.4 is 20.9 Å². The van der Waals surface area contributed by atoms with E-state index in [2.05, 4.69) is 43.0 Å². The van der Waals surface area contributed by atoms with E-state index in [9.17, 15) is 9.59 Å². The van der Waals surface area contributed by atoms with Gasteiger partial charge >= 0.3 is 0 Å². The highest BCUT2D eigenvalue weighted by Crippen LogP contribution is 2.24. The molecule has 9 nitrogen and oxygen atoms in total. The van der Waals surface area contributed by atoms with Crippen molar-refractivity contribution >= 4 is 34.8 Å². The van der Waals surface area contributed by atoms with Crippen LogP contribution in [0, 0.1) is 0 Å². The van der Waals surface area contributed by atoms with Gasteiger partial charge < -0.3 is 25.8 Å². The average Bonchev–Trinajstić information content (AvgIpc) is 3.49. The number of hydrogen-bond donors (Lipinski definition) is 3. The maximum Gasteiger partial charge on any atom is 0.239 e. The largest absolute Gasteiger partial charge is 0.368 e. The van der Waals surface area contributed by atoms with Gasteiger partial charge in [0.15, 0.2) is 0 Å². The lowest BCUT2D eigenvalue weighted by atomic mass is 10.1. The fourth-order valence-corrected chi connectivity index (χ4v) is 4.94. The van der Waals surface area contributed by atoms with E-state index in [1.807, 2.05) is 54.3 Å². The monoisotopic (exact) mass is 513 g/mol. The van der Waals surface area contributed by atoms with E-state index in [0.29, 0.717) is 12.4 Å². The van der Waals surface area contributed by atoms with Gasteiger partial charge in [-0.25, -0.2) is 9.97 Å². The molecule has 198 valence electrons.